The van der Waals surface area contributed by atoms with Crippen LogP contribution >= 0.6 is 0 Å². The zero-order valence-electron chi connectivity index (χ0n) is 12.5. The smallest absolute Gasteiger partial charge is 0.306 e. The Kier molecular flexibility index (Phi) is 5.40. The van der Waals surface area contributed by atoms with Crippen molar-refractivity contribution < 1.29 is 14.6 Å². The van der Waals surface area contributed by atoms with Gasteiger partial charge in [0.05, 0.1) is 13.0 Å². The van der Waals surface area contributed by atoms with Gasteiger partial charge in [0.25, 0.3) is 0 Å². The summed E-state index contributed by atoms with van der Waals surface area (Å²) in [7, 11) is 1.67. The lowest BCUT2D eigenvalue weighted by atomic mass is 9.90. The fraction of sp³-hybridized carbons (Fsp3) is 0.562. The molecule has 0 saturated heterocycles. The van der Waals surface area contributed by atoms with Crippen LogP contribution in [0, 0.1) is 12.8 Å². The first-order valence-corrected chi connectivity index (χ1v) is 6.80. The first kappa shape index (κ1) is 15.5. The van der Waals surface area contributed by atoms with Crippen molar-refractivity contribution >= 4 is 5.97 Å². The molecule has 19 heavy (non-hydrogen) atoms. The molecule has 0 aliphatic heterocycles. The molecule has 0 heterocycles. The Balaban J connectivity index is 3.14. The highest BCUT2D eigenvalue weighted by Gasteiger charge is 2.18. The molecule has 1 rings (SSSR count). The van der Waals surface area contributed by atoms with Crippen LogP contribution in [-0.2, 0) is 11.2 Å². The molecule has 1 atom stereocenters. The van der Waals surface area contributed by atoms with Gasteiger partial charge in [0.15, 0.2) is 0 Å². The quantitative estimate of drug-likeness (QED) is 0.850. The van der Waals surface area contributed by atoms with Crippen molar-refractivity contribution in [2.75, 3.05) is 7.11 Å². The molecule has 0 aliphatic rings. The number of rotatable bonds is 6. The lowest BCUT2D eigenvalue weighted by molar-refractivity contribution is -0.141. The number of methoxy groups -OCH3 is 1. The molecule has 1 N–H and O–H groups in total. The van der Waals surface area contributed by atoms with Gasteiger partial charge in [-0.2, -0.15) is 0 Å². The molecule has 0 aliphatic carbocycles. The SMILES string of the molecule is CCC(Cc1cc(C(C)C)c(OC)cc1C)C(=O)O. The lowest BCUT2D eigenvalue weighted by Crippen LogP contribution is -2.16. The van der Waals surface area contributed by atoms with E-state index >= 15 is 0 Å². The van der Waals surface area contributed by atoms with Crippen LogP contribution in [0.15, 0.2) is 12.1 Å². The Bertz CT molecular complexity index is 450. The highest BCUT2D eigenvalue weighted by Crippen LogP contribution is 2.30. The van der Waals surface area contributed by atoms with E-state index in [-0.39, 0.29) is 5.92 Å². The summed E-state index contributed by atoms with van der Waals surface area (Å²) in [6, 6.07) is 4.11. The molecule has 1 aromatic rings. The van der Waals surface area contributed by atoms with E-state index in [1.165, 1.54) is 0 Å². The number of benzene rings is 1. The number of ether oxygens (including phenoxy) is 1. The second kappa shape index (κ2) is 6.60. The lowest BCUT2D eigenvalue weighted by Gasteiger charge is -2.18. The van der Waals surface area contributed by atoms with Crippen molar-refractivity contribution in [3.63, 3.8) is 0 Å². The van der Waals surface area contributed by atoms with Crippen molar-refractivity contribution in [2.24, 2.45) is 5.92 Å². The van der Waals surface area contributed by atoms with Crippen LogP contribution in [0.3, 0.4) is 0 Å². The predicted molar refractivity (Wildman–Crippen MR) is 76.9 cm³/mol. The molecular formula is C16H24O3. The zero-order valence-corrected chi connectivity index (χ0v) is 12.5. The maximum absolute atomic E-state index is 11.2. The van der Waals surface area contributed by atoms with Crippen LogP contribution in [0.2, 0.25) is 0 Å². The van der Waals surface area contributed by atoms with E-state index in [1.807, 2.05) is 19.9 Å². The second-order valence-corrected chi connectivity index (χ2v) is 5.32. The fourth-order valence-corrected chi connectivity index (χ4v) is 2.26. The Morgan fingerprint density at radius 3 is 2.42 bits per heavy atom. The number of carbonyl (C=O) groups is 1. The summed E-state index contributed by atoms with van der Waals surface area (Å²) in [6.07, 6.45) is 1.24. The maximum atomic E-state index is 11.2. The monoisotopic (exact) mass is 264 g/mol. The summed E-state index contributed by atoms with van der Waals surface area (Å²) in [5, 5.41) is 9.18. The van der Waals surface area contributed by atoms with Gasteiger partial charge >= 0.3 is 5.97 Å². The van der Waals surface area contributed by atoms with Crippen LogP contribution in [0.25, 0.3) is 0 Å². The first-order valence-electron chi connectivity index (χ1n) is 6.80. The summed E-state index contributed by atoms with van der Waals surface area (Å²) in [5.74, 6) is 0.217. The number of aliphatic carboxylic acids is 1. The molecule has 106 valence electrons. The highest BCUT2D eigenvalue weighted by atomic mass is 16.5. The van der Waals surface area contributed by atoms with Gasteiger partial charge in [0, 0.05) is 0 Å². The molecule has 0 bridgehead atoms. The van der Waals surface area contributed by atoms with Crippen molar-refractivity contribution in [3.05, 3.63) is 28.8 Å². The molecule has 3 nitrogen and oxygen atoms in total. The van der Waals surface area contributed by atoms with Gasteiger partial charge in [-0.25, -0.2) is 0 Å². The number of aryl methyl sites for hydroxylation is 1. The van der Waals surface area contributed by atoms with E-state index in [2.05, 4.69) is 19.9 Å². The minimum absolute atomic E-state index is 0.313. The van der Waals surface area contributed by atoms with Crippen LogP contribution in [0.5, 0.6) is 5.75 Å². The molecular weight excluding hydrogens is 240 g/mol. The van der Waals surface area contributed by atoms with Gasteiger partial charge in [0.2, 0.25) is 0 Å². The van der Waals surface area contributed by atoms with Gasteiger partial charge in [0.1, 0.15) is 5.75 Å². The minimum atomic E-state index is -0.719. The second-order valence-electron chi connectivity index (χ2n) is 5.32. The van der Waals surface area contributed by atoms with E-state index in [0.29, 0.717) is 18.8 Å². The van der Waals surface area contributed by atoms with Crippen molar-refractivity contribution in [1.29, 1.82) is 0 Å². The molecule has 0 amide bonds. The van der Waals surface area contributed by atoms with Crippen LogP contribution in [-0.4, -0.2) is 18.2 Å². The van der Waals surface area contributed by atoms with Crippen molar-refractivity contribution in [2.45, 2.75) is 46.5 Å². The maximum Gasteiger partial charge on any atom is 0.306 e. The number of carboxylic acids is 1. The minimum Gasteiger partial charge on any atom is -0.496 e. The molecule has 0 spiro atoms. The van der Waals surface area contributed by atoms with E-state index < -0.39 is 5.97 Å². The van der Waals surface area contributed by atoms with Gasteiger partial charge in [-0.3, -0.25) is 4.79 Å². The molecule has 1 aromatic carbocycles. The number of carboxylic acid groups (broad SMARTS) is 1. The topological polar surface area (TPSA) is 46.5 Å². The molecule has 0 fully saturated rings. The summed E-state index contributed by atoms with van der Waals surface area (Å²) in [4.78, 5) is 11.2. The first-order chi connectivity index (χ1) is 8.90. The Labute approximate surface area is 115 Å². The normalized spacial score (nSPS) is 12.5. The third-order valence-electron chi connectivity index (χ3n) is 3.62. The van der Waals surface area contributed by atoms with Gasteiger partial charge in [-0.1, -0.05) is 26.8 Å². The molecule has 3 heteroatoms. The highest BCUT2D eigenvalue weighted by molar-refractivity contribution is 5.70. The van der Waals surface area contributed by atoms with Crippen LogP contribution < -0.4 is 4.74 Å². The van der Waals surface area contributed by atoms with E-state index in [0.717, 1.165) is 22.4 Å². The number of hydrogen-bond acceptors (Lipinski definition) is 2. The predicted octanol–water partition coefficient (Wildman–Crippen LogP) is 3.78. The molecule has 0 radical (unpaired) electrons. The number of hydrogen-bond donors (Lipinski definition) is 1. The molecule has 0 aromatic heterocycles. The Hall–Kier alpha value is -1.51. The van der Waals surface area contributed by atoms with Crippen LogP contribution in [0.1, 0.15) is 49.8 Å². The fourth-order valence-electron chi connectivity index (χ4n) is 2.26. The standard InChI is InChI=1S/C16H24O3/c1-6-12(16(17)18)8-13-9-14(10(2)3)15(19-5)7-11(13)4/h7,9-10,12H,6,8H2,1-5H3,(H,17,18). The van der Waals surface area contributed by atoms with E-state index in [4.69, 9.17) is 4.74 Å². The van der Waals surface area contributed by atoms with Crippen LogP contribution in [0.4, 0.5) is 0 Å². The summed E-state index contributed by atoms with van der Waals surface area (Å²) < 4.78 is 5.40. The van der Waals surface area contributed by atoms with Crippen molar-refractivity contribution in [1.82, 2.24) is 0 Å². The third-order valence-corrected chi connectivity index (χ3v) is 3.62. The van der Waals surface area contributed by atoms with Gasteiger partial charge in [-0.05, 0) is 48.4 Å². The van der Waals surface area contributed by atoms with Gasteiger partial charge in [-0.15, -0.1) is 0 Å². The van der Waals surface area contributed by atoms with E-state index in [9.17, 15) is 9.90 Å². The summed E-state index contributed by atoms with van der Waals surface area (Å²) in [6.45, 7) is 8.16. The third kappa shape index (κ3) is 3.72. The average molecular weight is 264 g/mol. The van der Waals surface area contributed by atoms with Crippen molar-refractivity contribution in [3.8, 4) is 5.75 Å². The van der Waals surface area contributed by atoms with Gasteiger partial charge < -0.3 is 9.84 Å². The Morgan fingerprint density at radius 2 is 2.00 bits per heavy atom. The Morgan fingerprint density at radius 1 is 1.37 bits per heavy atom. The average Bonchev–Trinajstić information content (AvgIpc) is 2.35. The summed E-state index contributed by atoms with van der Waals surface area (Å²) in [5.41, 5.74) is 3.35. The zero-order chi connectivity index (χ0) is 14.6. The van der Waals surface area contributed by atoms with E-state index in [1.54, 1.807) is 7.11 Å². The molecule has 1 unspecified atom stereocenters. The summed E-state index contributed by atoms with van der Waals surface area (Å²) >= 11 is 0. The largest absolute Gasteiger partial charge is 0.496 e. The molecule has 0 saturated carbocycles.